The number of carbonyl (C=O) groups is 1. The zero-order valence-electron chi connectivity index (χ0n) is 6.94. The van der Waals surface area contributed by atoms with E-state index in [0.29, 0.717) is 6.54 Å². The Labute approximate surface area is 66.7 Å². The number of carbonyl (C=O) groups excluding carboxylic acids is 1. The summed E-state index contributed by atoms with van der Waals surface area (Å²) in [6.07, 6.45) is 0.903. The van der Waals surface area contributed by atoms with Crippen molar-refractivity contribution in [1.29, 1.82) is 0 Å². The van der Waals surface area contributed by atoms with E-state index in [1.54, 1.807) is 0 Å². The molecule has 11 heavy (non-hydrogen) atoms. The number of methoxy groups -OCH3 is 1. The Morgan fingerprint density at radius 2 is 2.36 bits per heavy atom. The van der Waals surface area contributed by atoms with E-state index < -0.39 is 0 Å². The molecular weight excluding hydrogens is 142 g/mol. The second-order valence-corrected chi connectivity index (χ2v) is 1.97. The zero-order chi connectivity index (χ0) is 8.69. The number of amides is 1. The molecule has 0 spiro atoms. The van der Waals surface area contributed by atoms with E-state index in [9.17, 15) is 4.79 Å². The van der Waals surface area contributed by atoms with Crippen molar-refractivity contribution in [1.82, 2.24) is 5.32 Å². The van der Waals surface area contributed by atoms with Gasteiger partial charge in [-0.1, -0.05) is 19.2 Å². The van der Waals surface area contributed by atoms with Gasteiger partial charge in [0.05, 0.1) is 7.11 Å². The van der Waals surface area contributed by atoms with Crippen LogP contribution in [0.3, 0.4) is 0 Å². The molecule has 0 atom stereocenters. The molecule has 1 amide bonds. The summed E-state index contributed by atoms with van der Waals surface area (Å²) in [6.45, 7) is 5.94. The van der Waals surface area contributed by atoms with Gasteiger partial charge in [0.2, 0.25) is 5.76 Å². The van der Waals surface area contributed by atoms with E-state index in [4.69, 9.17) is 0 Å². The van der Waals surface area contributed by atoms with Gasteiger partial charge in [-0.25, -0.2) is 0 Å². The lowest BCUT2D eigenvalue weighted by atomic mass is 10.4. The van der Waals surface area contributed by atoms with Gasteiger partial charge in [0, 0.05) is 6.54 Å². The number of nitrogens with one attached hydrogen (secondary N) is 1. The summed E-state index contributed by atoms with van der Waals surface area (Å²) < 4.78 is 4.69. The standard InChI is InChI=1S/C8H13NO2/c1-4-6-9-8(10)7(5-2)11-3/h2,4,6H2,1,3H3,(H,9,10). The van der Waals surface area contributed by atoms with Gasteiger partial charge in [-0.2, -0.15) is 0 Å². The molecule has 0 radical (unpaired) electrons. The minimum atomic E-state index is -0.260. The van der Waals surface area contributed by atoms with Gasteiger partial charge in [-0.05, 0) is 6.42 Å². The molecule has 0 bridgehead atoms. The smallest absolute Gasteiger partial charge is 0.294 e. The predicted octanol–water partition coefficient (Wildman–Crippen LogP) is 0.828. The normalized spacial score (nSPS) is 8.18. The Hall–Kier alpha value is -1.21. The summed E-state index contributed by atoms with van der Waals surface area (Å²) in [4.78, 5) is 11.0. The molecule has 0 aliphatic heterocycles. The highest BCUT2D eigenvalue weighted by Crippen LogP contribution is 1.90. The van der Waals surface area contributed by atoms with Gasteiger partial charge in [0.15, 0.2) is 0 Å². The van der Waals surface area contributed by atoms with Crippen LogP contribution >= 0.6 is 0 Å². The number of ether oxygens (including phenoxy) is 1. The highest BCUT2D eigenvalue weighted by Gasteiger charge is 2.05. The third-order valence-corrected chi connectivity index (χ3v) is 1.11. The van der Waals surface area contributed by atoms with Crippen LogP contribution in [0.2, 0.25) is 0 Å². The molecule has 3 heteroatoms. The van der Waals surface area contributed by atoms with Crippen molar-refractivity contribution in [2.24, 2.45) is 0 Å². The van der Waals surface area contributed by atoms with Gasteiger partial charge in [-0.3, -0.25) is 4.79 Å². The lowest BCUT2D eigenvalue weighted by Crippen LogP contribution is -2.25. The van der Waals surface area contributed by atoms with E-state index >= 15 is 0 Å². The first-order chi connectivity index (χ1) is 5.26. The molecule has 0 unspecified atom stereocenters. The fraction of sp³-hybridized carbons (Fsp3) is 0.500. The van der Waals surface area contributed by atoms with E-state index in [0.717, 1.165) is 6.42 Å². The number of rotatable bonds is 4. The van der Waals surface area contributed by atoms with Crippen LogP contribution in [0.15, 0.2) is 18.1 Å². The lowest BCUT2D eigenvalue weighted by Gasteiger charge is -2.03. The highest BCUT2D eigenvalue weighted by molar-refractivity contribution is 5.91. The van der Waals surface area contributed by atoms with E-state index in [-0.39, 0.29) is 11.7 Å². The lowest BCUT2D eigenvalue weighted by molar-refractivity contribution is -0.120. The van der Waals surface area contributed by atoms with Crippen LogP contribution in [-0.4, -0.2) is 19.6 Å². The van der Waals surface area contributed by atoms with Crippen LogP contribution in [0.4, 0.5) is 0 Å². The Bertz CT molecular complexity index is 181. The van der Waals surface area contributed by atoms with Crippen LogP contribution < -0.4 is 5.32 Å². The maximum atomic E-state index is 11.0. The molecule has 3 nitrogen and oxygen atoms in total. The summed E-state index contributed by atoms with van der Waals surface area (Å²) in [7, 11) is 1.42. The minimum Gasteiger partial charge on any atom is -0.485 e. The zero-order valence-corrected chi connectivity index (χ0v) is 6.94. The summed E-state index contributed by atoms with van der Waals surface area (Å²) in [6, 6.07) is 0. The third kappa shape index (κ3) is 3.48. The fourth-order valence-electron chi connectivity index (χ4n) is 0.564. The minimum absolute atomic E-state index is 0.137. The van der Waals surface area contributed by atoms with Crippen molar-refractivity contribution in [3.63, 3.8) is 0 Å². The predicted molar refractivity (Wildman–Crippen MR) is 43.0 cm³/mol. The molecule has 0 saturated carbocycles. The summed E-state index contributed by atoms with van der Waals surface area (Å²) in [5.74, 6) is -0.122. The SMILES string of the molecule is C=C=C(OC)C(=O)NCCC. The van der Waals surface area contributed by atoms with E-state index in [2.05, 4.69) is 22.4 Å². The molecule has 0 aliphatic rings. The second kappa shape index (κ2) is 5.57. The molecular formula is C8H13NO2. The Kier molecular flexibility index (Phi) is 4.95. The summed E-state index contributed by atoms with van der Waals surface area (Å²) >= 11 is 0. The molecule has 0 aromatic rings. The Morgan fingerprint density at radius 3 is 2.73 bits per heavy atom. The maximum absolute atomic E-state index is 11.0. The molecule has 0 saturated heterocycles. The average molecular weight is 155 g/mol. The topological polar surface area (TPSA) is 38.3 Å². The van der Waals surface area contributed by atoms with Crippen molar-refractivity contribution >= 4 is 5.91 Å². The molecule has 0 aromatic carbocycles. The number of hydrogen-bond donors (Lipinski definition) is 1. The largest absolute Gasteiger partial charge is 0.485 e. The van der Waals surface area contributed by atoms with Crippen LogP contribution in [0.5, 0.6) is 0 Å². The van der Waals surface area contributed by atoms with Crippen molar-refractivity contribution in [2.45, 2.75) is 13.3 Å². The fourth-order valence-corrected chi connectivity index (χ4v) is 0.564. The van der Waals surface area contributed by atoms with Crippen molar-refractivity contribution in [3.05, 3.63) is 18.1 Å². The first-order valence-corrected chi connectivity index (χ1v) is 3.48. The molecule has 0 fully saturated rings. The molecule has 0 heterocycles. The molecule has 62 valence electrons. The Morgan fingerprint density at radius 1 is 1.73 bits per heavy atom. The molecule has 0 aliphatic carbocycles. The van der Waals surface area contributed by atoms with Crippen molar-refractivity contribution in [2.75, 3.05) is 13.7 Å². The quantitative estimate of drug-likeness (QED) is 0.371. The van der Waals surface area contributed by atoms with Crippen molar-refractivity contribution in [3.8, 4) is 0 Å². The van der Waals surface area contributed by atoms with Crippen molar-refractivity contribution < 1.29 is 9.53 Å². The van der Waals surface area contributed by atoms with Crippen LogP contribution in [-0.2, 0) is 9.53 Å². The molecule has 0 aromatic heterocycles. The van der Waals surface area contributed by atoms with Gasteiger partial charge >= 0.3 is 0 Å². The first kappa shape index (κ1) is 9.79. The van der Waals surface area contributed by atoms with Gasteiger partial charge in [0.1, 0.15) is 0 Å². The average Bonchev–Trinajstić information content (AvgIpc) is 2.03. The first-order valence-electron chi connectivity index (χ1n) is 3.48. The molecule has 0 rings (SSSR count). The van der Waals surface area contributed by atoms with Crippen LogP contribution in [0.1, 0.15) is 13.3 Å². The molecule has 1 N–H and O–H groups in total. The van der Waals surface area contributed by atoms with Gasteiger partial charge in [0.25, 0.3) is 5.91 Å². The Balaban J connectivity index is 3.91. The third-order valence-electron chi connectivity index (χ3n) is 1.11. The summed E-state index contributed by atoms with van der Waals surface area (Å²) in [5, 5.41) is 2.63. The maximum Gasteiger partial charge on any atom is 0.294 e. The van der Waals surface area contributed by atoms with Crippen LogP contribution in [0.25, 0.3) is 0 Å². The van der Waals surface area contributed by atoms with Gasteiger partial charge < -0.3 is 10.1 Å². The van der Waals surface area contributed by atoms with Crippen LogP contribution in [0, 0.1) is 0 Å². The van der Waals surface area contributed by atoms with Gasteiger partial charge in [-0.15, -0.1) is 0 Å². The second-order valence-electron chi connectivity index (χ2n) is 1.97. The number of hydrogen-bond acceptors (Lipinski definition) is 2. The van der Waals surface area contributed by atoms with E-state index in [1.807, 2.05) is 6.92 Å². The summed E-state index contributed by atoms with van der Waals surface area (Å²) in [5.41, 5.74) is 2.39. The monoisotopic (exact) mass is 155 g/mol. The van der Waals surface area contributed by atoms with E-state index in [1.165, 1.54) is 7.11 Å². The highest BCUT2D eigenvalue weighted by atomic mass is 16.5.